The molecule has 13 heavy (non-hydrogen) atoms. The van der Waals surface area contributed by atoms with E-state index in [-0.39, 0.29) is 11.8 Å². The van der Waals surface area contributed by atoms with E-state index in [0.717, 1.165) is 6.42 Å². The molecule has 0 bridgehead atoms. The number of nitrogens with zero attached hydrogens (tertiary/aromatic N) is 1. The molecule has 0 aromatic heterocycles. The summed E-state index contributed by atoms with van der Waals surface area (Å²) in [5, 5.41) is 0. The molecule has 0 radical (unpaired) electrons. The SMILES string of the molecule is CCC#CCCN1C(=O)CCC1=O. The molecule has 0 aromatic carbocycles. The number of hydrogen-bond acceptors (Lipinski definition) is 2. The third-order valence-corrected chi connectivity index (χ3v) is 1.92. The summed E-state index contributed by atoms with van der Waals surface area (Å²) in [4.78, 5) is 23.5. The molecule has 2 amide bonds. The van der Waals surface area contributed by atoms with Crippen molar-refractivity contribution in [1.82, 2.24) is 4.90 Å². The smallest absolute Gasteiger partial charge is 0.229 e. The zero-order valence-electron chi connectivity index (χ0n) is 7.80. The molecule has 3 nitrogen and oxygen atoms in total. The van der Waals surface area contributed by atoms with Crippen molar-refractivity contribution in [3.63, 3.8) is 0 Å². The lowest BCUT2D eigenvalue weighted by Gasteiger charge is -2.10. The molecule has 0 aromatic rings. The monoisotopic (exact) mass is 179 g/mol. The van der Waals surface area contributed by atoms with Gasteiger partial charge in [0.25, 0.3) is 0 Å². The Hall–Kier alpha value is -1.30. The Kier molecular flexibility index (Phi) is 3.51. The molecule has 70 valence electrons. The maximum absolute atomic E-state index is 11.1. The third kappa shape index (κ3) is 2.59. The zero-order chi connectivity index (χ0) is 9.68. The number of likely N-dealkylation sites (tertiary alicyclic amines) is 1. The molecule has 1 aliphatic rings. The maximum Gasteiger partial charge on any atom is 0.229 e. The summed E-state index contributed by atoms with van der Waals surface area (Å²) in [5.41, 5.74) is 0. The Morgan fingerprint density at radius 1 is 1.23 bits per heavy atom. The minimum atomic E-state index is -0.0525. The van der Waals surface area contributed by atoms with E-state index >= 15 is 0 Å². The molecule has 1 rings (SSSR count). The Bertz CT molecular complexity index is 256. The van der Waals surface area contributed by atoms with Crippen LogP contribution in [-0.2, 0) is 9.59 Å². The van der Waals surface area contributed by atoms with Gasteiger partial charge in [-0.05, 0) is 0 Å². The second-order valence-electron chi connectivity index (χ2n) is 2.90. The van der Waals surface area contributed by atoms with E-state index in [1.165, 1.54) is 4.90 Å². The van der Waals surface area contributed by atoms with Crippen LogP contribution in [0.4, 0.5) is 0 Å². The highest BCUT2D eigenvalue weighted by Gasteiger charge is 2.27. The molecule has 0 spiro atoms. The van der Waals surface area contributed by atoms with Crippen LogP contribution in [0.3, 0.4) is 0 Å². The van der Waals surface area contributed by atoms with Gasteiger partial charge < -0.3 is 0 Å². The first-order chi connectivity index (χ1) is 6.25. The zero-order valence-corrected chi connectivity index (χ0v) is 7.80. The van der Waals surface area contributed by atoms with Crippen molar-refractivity contribution >= 4 is 11.8 Å². The van der Waals surface area contributed by atoms with E-state index in [1.807, 2.05) is 6.92 Å². The molecule has 0 atom stereocenters. The fourth-order valence-electron chi connectivity index (χ4n) is 1.25. The first-order valence-corrected chi connectivity index (χ1v) is 4.54. The average molecular weight is 179 g/mol. The molecule has 0 unspecified atom stereocenters. The van der Waals surface area contributed by atoms with Gasteiger partial charge in [-0.15, -0.1) is 11.8 Å². The lowest BCUT2D eigenvalue weighted by Crippen LogP contribution is -2.29. The topological polar surface area (TPSA) is 37.4 Å². The van der Waals surface area contributed by atoms with Crippen LogP contribution in [-0.4, -0.2) is 23.3 Å². The van der Waals surface area contributed by atoms with Gasteiger partial charge in [-0.3, -0.25) is 14.5 Å². The van der Waals surface area contributed by atoms with Crippen molar-refractivity contribution in [3.8, 4) is 11.8 Å². The maximum atomic E-state index is 11.1. The summed E-state index contributed by atoms with van der Waals surface area (Å²) in [6.45, 7) is 2.43. The molecule has 1 fully saturated rings. The predicted octanol–water partition coefficient (Wildman–Crippen LogP) is 0.939. The summed E-state index contributed by atoms with van der Waals surface area (Å²) < 4.78 is 0. The Morgan fingerprint density at radius 2 is 1.85 bits per heavy atom. The normalized spacial score (nSPS) is 15.9. The minimum Gasteiger partial charge on any atom is -0.282 e. The molecule has 0 N–H and O–H groups in total. The second-order valence-corrected chi connectivity index (χ2v) is 2.90. The first-order valence-electron chi connectivity index (χ1n) is 4.54. The van der Waals surface area contributed by atoms with Crippen molar-refractivity contribution in [2.24, 2.45) is 0 Å². The van der Waals surface area contributed by atoms with Crippen LogP contribution in [0, 0.1) is 11.8 Å². The van der Waals surface area contributed by atoms with Crippen LogP contribution in [0.2, 0.25) is 0 Å². The van der Waals surface area contributed by atoms with Crippen molar-refractivity contribution < 1.29 is 9.59 Å². The van der Waals surface area contributed by atoms with Crippen molar-refractivity contribution in [2.45, 2.75) is 32.6 Å². The van der Waals surface area contributed by atoms with E-state index < -0.39 is 0 Å². The average Bonchev–Trinajstić information content (AvgIpc) is 2.42. The number of hydrogen-bond donors (Lipinski definition) is 0. The van der Waals surface area contributed by atoms with Crippen LogP contribution in [0.25, 0.3) is 0 Å². The Morgan fingerprint density at radius 3 is 2.38 bits per heavy atom. The van der Waals surface area contributed by atoms with Crippen LogP contribution in [0.1, 0.15) is 32.6 Å². The van der Waals surface area contributed by atoms with E-state index in [4.69, 9.17) is 0 Å². The molecule has 1 saturated heterocycles. The van der Waals surface area contributed by atoms with Crippen molar-refractivity contribution in [2.75, 3.05) is 6.54 Å². The number of carbonyl (C=O) groups is 2. The van der Waals surface area contributed by atoms with Gasteiger partial charge in [0.15, 0.2) is 0 Å². The lowest BCUT2D eigenvalue weighted by atomic mass is 10.3. The highest BCUT2D eigenvalue weighted by molar-refractivity contribution is 6.01. The van der Waals surface area contributed by atoms with Gasteiger partial charge in [-0.1, -0.05) is 6.92 Å². The molecular weight excluding hydrogens is 166 g/mol. The van der Waals surface area contributed by atoms with Crippen LogP contribution >= 0.6 is 0 Å². The molecular formula is C10H13NO2. The van der Waals surface area contributed by atoms with Gasteiger partial charge in [0.2, 0.25) is 11.8 Å². The van der Waals surface area contributed by atoms with Crippen LogP contribution < -0.4 is 0 Å². The van der Waals surface area contributed by atoms with E-state index in [9.17, 15) is 9.59 Å². The summed E-state index contributed by atoms with van der Waals surface area (Å²) in [6.07, 6.45) is 2.17. The number of imide groups is 1. The third-order valence-electron chi connectivity index (χ3n) is 1.92. The Balaban J connectivity index is 2.35. The van der Waals surface area contributed by atoms with Gasteiger partial charge in [0.1, 0.15) is 0 Å². The fourth-order valence-corrected chi connectivity index (χ4v) is 1.25. The number of rotatable bonds is 2. The van der Waals surface area contributed by atoms with Crippen LogP contribution in [0.15, 0.2) is 0 Å². The molecule has 1 heterocycles. The molecule has 3 heteroatoms. The minimum absolute atomic E-state index is 0.0525. The predicted molar refractivity (Wildman–Crippen MR) is 48.6 cm³/mol. The van der Waals surface area contributed by atoms with Crippen molar-refractivity contribution in [3.05, 3.63) is 0 Å². The van der Waals surface area contributed by atoms with Gasteiger partial charge >= 0.3 is 0 Å². The Labute approximate surface area is 78.1 Å². The van der Waals surface area contributed by atoms with Gasteiger partial charge in [-0.25, -0.2) is 0 Å². The van der Waals surface area contributed by atoms with Crippen LogP contribution in [0.5, 0.6) is 0 Å². The lowest BCUT2D eigenvalue weighted by molar-refractivity contribution is -0.138. The quantitative estimate of drug-likeness (QED) is 0.467. The first kappa shape index (κ1) is 9.79. The van der Waals surface area contributed by atoms with Gasteiger partial charge in [0.05, 0.1) is 0 Å². The van der Waals surface area contributed by atoms with E-state index in [1.54, 1.807) is 0 Å². The molecule has 0 aliphatic carbocycles. The van der Waals surface area contributed by atoms with E-state index in [0.29, 0.717) is 25.8 Å². The second kappa shape index (κ2) is 4.66. The number of amides is 2. The summed E-state index contributed by atoms with van der Waals surface area (Å²) in [5.74, 6) is 5.70. The number of carbonyl (C=O) groups excluding carboxylic acids is 2. The van der Waals surface area contributed by atoms with Crippen molar-refractivity contribution in [1.29, 1.82) is 0 Å². The molecule has 1 aliphatic heterocycles. The standard InChI is InChI=1S/C10H13NO2/c1-2-3-4-5-8-11-9(12)6-7-10(11)13/h2,5-8H2,1H3. The fraction of sp³-hybridized carbons (Fsp3) is 0.600. The summed E-state index contributed by atoms with van der Waals surface area (Å²) >= 11 is 0. The molecule has 0 saturated carbocycles. The largest absolute Gasteiger partial charge is 0.282 e. The summed E-state index contributed by atoms with van der Waals surface area (Å²) in [6, 6.07) is 0. The highest BCUT2D eigenvalue weighted by Crippen LogP contribution is 2.11. The highest BCUT2D eigenvalue weighted by atomic mass is 16.2. The summed E-state index contributed by atoms with van der Waals surface area (Å²) in [7, 11) is 0. The van der Waals surface area contributed by atoms with Gasteiger partial charge in [-0.2, -0.15) is 0 Å². The van der Waals surface area contributed by atoms with Gasteiger partial charge in [0, 0.05) is 32.2 Å². The van der Waals surface area contributed by atoms with E-state index in [2.05, 4.69) is 11.8 Å².